The van der Waals surface area contributed by atoms with Crippen LogP contribution in [-0.4, -0.2) is 43.6 Å². The van der Waals surface area contributed by atoms with Gasteiger partial charge in [-0.2, -0.15) is 0 Å². The minimum absolute atomic E-state index is 0.228. The molecule has 4 atom stereocenters. The van der Waals surface area contributed by atoms with Crippen LogP contribution in [0.1, 0.15) is 37.2 Å². The molecule has 3 fully saturated rings. The molecule has 8 heteroatoms. The fraction of sp³-hybridized carbons (Fsp3) is 0.500. The van der Waals surface area contributed by atoms with Crippen LogP contribution in [0.3, 0.4) is 0 Å². The normalized spacial score (nSPS) is 31.8. The van der Waals surface area contributed by atoms with Crippen molar-refractivity contribution in [3.8, 4) is 0 Å². The maximum absolute atomic E-state index is 12.8. The van der Waals surface area contributed by atoms with Gasteiger partial charge in [-0.3, -0.25) is 14.3 Å². The van der Waals surface area contributed by atoms with E-state index >= 15 is 0 Å². The first-order valence-electron chi connectivity index (χ1n) is 9.64. The number of hydrogen-bond acceptors (Lipinski definition) is 5. The van der Waals surface area contributed by atoms with Crippen molar-refractivity contribution >= 4 is 21.8 Å². The molecule has 0 aromatic heterocycles. The molecular formula is C20H25N3O4S. The van der Waals surface area contributed by atoms with Gasteiger partial charge in [0.15, 0.2) is 0 Å². The quantitative estimate of drug-likeness (QED) is 0.584. The topological polar surface area (TPSA) is 104 Å². The molecule has 1 heterocycles. The highest BCUT2D eigenvalue weighted by atomic mass is 32.2. The van der Waals surface area contributed by atoms with E-state index in [9.17, 15) is 18.0 Å². The smallest absolute Gasteiger partial charge is 0.259 e. The molecule has 3 N–H and O–H groups in total. The summed E-state index contributed by atoms with van der Waals surface area (Å²) >= 11 is 0. The van der Waals surface area contributed by atoms with Crippen molar-refractivity contribution in [1.29, 1.82) is 0 Å². The summed E-state index contributed by atoms with van der Waals surface area (Å²) in [6, 6.07) is 9.57. The third-order valence-electron chi connectivity index (χ3n) is 5.97. The molecule has 2 unspecified atom stereocenters. The number of hydrogen-bond donors (Lipinski definition) is 3. The second-order valence-corrected chi connectivity index (χ2v) is 9.95. The van der Waals surface area contributed by atoms with Gasteiger partial charge in [0.1, 0.15) is 5.54 Å². The minimum Gasteiger partial charge on any atom is -0.340 e. The van der Waals surface area contributed by atoms with Gasteiger partial charge in [0, 0.05) is 12.5 Å². The van der Waals surface area contributed by atoms with E-state index in [4.69, 9.17) is 0 Å². The molecular weight excluding hydrogens is 378 g/mol. The number of carbonyl (C=O) groups excluding carboxylic acids is 2. The maximum atomic E-state index is 12.8. The van der Waals surface area contributed by atoms with Gasteiger partial charge in [0.25, 0.3) is 5.91 Å². The standard InChI is InChI=1S/C20H25N3O4S/c1-2-15-11-20(15,19(25)23-28(26,27)16-8-9-16)22-18(24)17-10-14(12-21-17)13-6-4-3-5-7-13/h2-7,14-17,21H,1,8-12H2,(H,22,24)(H,23,25)/t14?,15-,17?,20-/m1/s1. The summed E-state index contributed by atoms with van der Waals surface area (Å²) in [7, 11) is -3.66. The lowest BCUT2D eigenvalue weighted by atomic mass is 9.96. The van der Waals surface area contributed by atoms with Crippen LogP contribution in [-0.2, 0) is 19.6 Å². The number of carbonyl (C=O) groups is 2. The highest BCUT2D eigenvalue weighted by Gasteiger charge is 2.61. The van der Waals surface area contributed by atoms with Gasteiger partial charge < -0.3 is 10.6 Å². The molecule has 1 aliphatic heterocycles. The molecule has 1 aromatic rings. The zero-order valence-corrected chi connectivity index (χ0v) is 16.4. The van der Waals surface area contributed by atoms with Gasteiger partial charge in [0.2, 0.25) is 15.9 Å². The van der Waals surface area contributed by atoms with Crippen LogP contribution in [0.15, 0.2) is 43.0 Å². The molecule has 2 amide bonds. The van der Waals surface area contributed by atoms with E-state index in [1.54, 1.807) is 6.08 Å². The summed E-state index contributed by atoms with van der Waals surface area (Å²) in [6.07, 6.45) is 3.73. The van der Waals surface area contributed by atoms with Crippen molar-refractivity contribution in [2.45, 2.75) is 48.4 Å². The first-order valence-corrected chi connectivity index (χ1v) is 11.2. The second kappa shape index (κ2) is 7.00. The van der Waals surface area contributed by atoms with Gasteiger partial charge in [-0.15, -0.1) is 6.58 Å². The van der Waals surface area contributed by atoms with Crippen molar-refractivity contribution in [2.24, 2.45) is 5.92 Å². The summed E-state index contributed by atoms with van der Waals surface area (Å²) in [5.74, 6) is -0.972. The number of benzene rings is 1. The van der Waals surface area contributed by atoms with Crippen LogP contribution in [0.25, 0.3) is 0 Å². The molecule has 2 aliphatic carbocycles. The highest BCUT2D eigenvalue weighted by molar-refractivity contribution is 7.91. The fourth-order valence-electron chi connectivity index (χ4n) is 3.94. The number of amides is 2. The van der Waals surface area contributed by atoms with Crippen LogP contribution in [0.4, 0.5) is 0 Å². The molecule has 0 radical (unpaired) electrons. The Morgan fingerprint density at radius 2 is 1.93 bits per heavy atom. The van der Waals surface area contributed by atoms with Crippen molar-refractivity contribution in [2.75, 3.05) is 6.54 Å². The predicted octanol–water partition coefficient (Wildman–Crippen LogP) is 0.801. The van der Waals surface area contributed by atoms with Crippen molar-refractivity contribution in [3.63, 3.8) is 0 Å². The number of nitrogens with one attached hydrogen (secondary N) is 3. The molecule has 3 aliphatic rings. The monoisotopic (exact) mass is 403 g/mol. The van der Waals surface area contributed by atoms with Crippen molar-refractivity contribution < 1.29 is 18.0 Å². The lowest BCUT2D eigenvalue weighted by Gasteiger charge is -2.21. The Balaban J connectivity index is 1.41. The third-order valence-corrected chi connectivity index (χ3v) is 7.79. The first kappa shape index (κ1) is 19.1. The molecule has 28 heavy (non-hydrogen) atoms. The van der Waals surface area contributed by atoms with Crippen LogP contribution in [0.5, 0.6) is 0 Å². The van der Waals surface area contributed by atoms with Gasteiger partial charge in [-0.05, 0) is 37.2 Å². The van der Waals surface area contributed by atoms with Gasteiger partial charge in [0.05, 0.1) is 11.3 Å². The molecule has 4 rings (SSSR count). The van der Waals surface area contributed by atoms with E-state index in [1.165, 1.54) is 5.56 Å². The Morgan fingerprint density at radius 3 is 2.54 bits per heavy atom. The molecule has 0 bridgehead atoms. The van der Waals surface area contributed by atoms with Crippen molar-refractivity contribution in [1.82, 2.24) is 15.4 Å². The van der Waals surface area contributed by atoms with E-state index in [-0.39, 0.29) is 17.7 Å². The Kier molecular flexibility index (Phi) is 4.79. The van der Waals surface area contributed by atoms with E-state index in [1.807, 2.05) is 30.3 Å². The molecule has 2 saturated carbocycles. The number of rotatable bonds is 7. The lowest BCUT2D eigenvalue weighted by Crippen LogP contribution is -2.55. The van der Waals surface area contributed by atoms with E-state index < -0.39 is 32.8 Å². The summed E-state index contributed by atoms with van der Waals surface area (Å²) < 4.78 is 26.4. The van der Waals surface area contributed by atoms with Crippen molar-refractivity contribution in [3.05, 3.63) is 48.6 Å². The average molecular weight is 404 g/mol. The van der Waals surface area contributed by atoms with E-state index in [0.29, 0.717) is 32.2 Å². The third kappa shape index (κ3) is 3.58. The minimum atomic E-state index is -3.66. The molecule has 1 aromatic carbocycles. The zero-order valence-electron chi connectivity index (χ0n) is 15.6. The van der Waals surface area contributed by atoms with E-state index in [0.717, 1.165) is 0 Å². The maximum Gasteiger partial charge on any atom is 0.259 e. The Hall–Kier alpha value is -2.19. The van der Waals surface area contributed by atoms with Crippen LogP contribution in [0, 0.1) is 5.92 Å². The van der Waals surface area contributed by atoms with Crippen LogP contribution >= 0.6 is 0 Å². The first-order chi connectivity index (χ1) is 13.4. The lowest BCUT2D eigenvalue weighted by molar-refractivity contribution is -0.130. The summed E-state index contributed by atoms with van der Waals surface area (Å²) in [5, 5.41) is 5.54. The van der Waals surface area contributed by atoms with Gasteiger partial charge >= 0.3 is 0 Å². The summed E-state index contributed by atoms with van der Waals surface area (Å²) in [6.45, 7) is 4.39. The zero-order chi connectivity index (χ0) is 19.9. The SMILES string of the molecule is C=C[C@@H]1C[C@]1(NC(=O)C1CC(c2ccccc2)CN1)C(=O)NS(=O)(=O)C1CC1. The van der Waals surface area contributed by atoms with E-state index in [2.05, 4.69) is 21.9 Å². The predicted molar refractivity (Wildman–Crippen MR) is 105 cm³/mol. The van der Waals surface area contributed by atoms with Gasteiger partial charge in [-0.1, -0.05) is 36.4 Å². The molecule has 7 nitrogen and oxygen atoms in total. The molecule has 0 spiro atoms. The fourth-order valence-corrected chi connectivity index (χ4v) is 5.30. The Bertz CT molecular complexity index is 897. The summed E-state index contributed by atoms with van der Waals surface area (Å²) in [5.41, 5.74) is -0.0449. The molecule has 1 saturated heterocycles. The second-order valence-electron chi connectivity index (χ2n) is 7.99. The Morgan fingerprint density at radius 1 is 1.21 bits per heavy atom. The summed E-state index contributed by atoms with van der Waals surface area (Å²) in [4.78, 5) is 25.5. The van der Waals surface area contributed by atoms with Crippen LogP contribution in [0.2, 0.25) is 0 Å². The average Bonchev–Trinajstić information content (AvgIpc) is 3.59. The highest BCUT2D eigenvalue weighted by Crippen LogP contribution is 2.45. The Labute approximate surface area is 165 Å². The number of sulfonamides is 1. The largest absolute Gasteiger partial charge is 0.340 e. The van der Waals surface area contributed by atoms with Crippen LogP contribution < -0.4 is 15.4 Å². The molecule has 150 valence electrons. The van der Waals surface area contributed by atoms with Gasteiger partial charge in [-0.25, -0.2) is 8.42 Å².